The molecule has 0 aliphatic carbocycles. The molecule has 30 heavy (non-hydrogen) atoms. The maximum Gasteiger partial charge on any atom is 0.404 e. The van der Waals surface area contributed by atoms with Gasteiger partial charge in [0.1, 0.15) is 18.1 Å². The molecule has 3 rings (SSSR count). The predicted molar refractivity (Wildman–Crippen MR) is 111 cm³/mol. The Morgan fingerprint density at radius 3 is 2.73 bits per heavy atom. The predicted octanol–water partition coefficient (Wildman–Crippen LogP) is 3.26. The van der Waals surface area contributed by atoms with Crippen LogP contribution in [0.3, 0.4) is 0 Å². The fourth-order valence-electron chi connectivity index (χ4n) is 2.67. The standard InChI is InChI=1S/C21H18N4O4S/c22-11-14-3-1-4-15(9-14)12-29-17-6-2-5-16(10-17)19-18(25-13-30-19)20(26)23-7-8-24-21(27)28/h1-6,9-10,13,24H,7-8,12H2,(H,23,26)(H,27,28). The fraction of sp³-hybridized carbons (Fsp3) is 0.143. The van der Waals surface area contributed by atoms with Crippen LogP contribution in [-0.2, 0) is 6.61 Å². The van der Waals surface area contributed by atoms with Gasteiger partial charge in [-0.25, -0.2) is 9.78 Å². The Bertz CT molecular complexity index is 1090. The van der Waals surface area contributed by atoms with Gasteiger partial charge in [-0.05, 0) is 35.4 Å². The van der Waals surface area contributed by atoms with E-state index in [4.69, 9.17) is 15.1 Å². The van der Waals surface area contributed by atoms with Gasteiger partial charge in [0.05, 0.1) is 22.0 Å². The molecule has 0 radical (unpaired) electrons. The quantitative estimate of drug-likeness (QED) is 0.479. The summed E-state index contributed by atoms with van der Waals surface area (Å²) in [5.41, 5.74) is 4.10. The van der Waals surface area contributed by atoms with Crippen molar-refractivity contribution in [2.75, 3.05) is 13.1 Å². The number of nitrogens with one attached hydrogen (secondary N) is 2. The number of carbonyl (C=O) groups is 2. The van der Waals surface area contributed by atoms with Gasteiger partial charge in [-0.3, -0.25) is 4.79 Å². The zero-order chi connectivity index (χ0) is 21.3. The SMILES string of the molecule is N#Cc1cccc(COc2cccc(-c3scnc3C(=O)NCCNC(=O)O)c2)c1. The van der Waals surface area contributed by atoms with Crippen molar-refractivity contribution >= 4 is 23.3 Å². The first kappa shape index (κ1) is 20.8. The zero-order valence-electron chi connectivity index (χ0n) is 15.8. The molecule has 3 N–H and O–H groups in total. The number of nitriles is 1. The highest BCUT2D eigenvalue weighted by molar-refractivity contribution is 7.13. The van der Waals surface area contributed by atoms with Gasteiger partial charge in [-0.2, -0.15) is 5.26 Å². The number of hydrogen-bond donors (Lipinski definition) is 3. The zero-order valence-corrected chi connectivity index (χ0v) is 16.6. The van der Waals surface area contributed by atoms with E-state index in [0.717, 1.165) is 11.1 Å². The Balaban J connectivity index is 1.67. The van der Waals surface area contributed by atoms with Crippen LogP contribution in [0.25, 0.3) is 10.4 Å². The molecule has 0 saturated carbocycles. The highest BCUT2D eigenvalue weighted by Crippen LogP contribution is 2.30. The average Bonchev–Trinajstić information content (AvgIpc) is 3.25. The van der Waals surface area contributed by atoms with Gasteiger partial charge in [0, 0.05) is 13.1 Å². The lowest BCUT2D eigenvalue weighted by Gasteiger charge is -2.09. The molecule has 3 aromatic rings. The molecule has 9 heteroatoms. The number of amides is 2. The molecule has 0 aliphatic heterocycles. The smallest absolute Gasteiger partial charge is 0.404 e. The monoisotopic (exact) mass is 422 g/mol. The fourth-order valence-corrected chi connectivity index (χ4v) is 3.45. The Hall–Kier alpha value is -3.90. The molecule has 0 bridgehead atoms. The number of benzene rings is 2. The molecule has 0 spiro atoms. The lowest BCUT2D eigenvalue weighted by Crippen LogP contribution is -2.34. The van der Waals surface area contributed by atoms with Gasteiger partial charge in [0.2, 0.25) is 0 Å². The van der Waals surface area contributed by atoms with Crippen LogP contribution in [-0.4, -0.2) is 35.2 Å². The van der Waals surface area contributed by atoms with Crippen molar-refractivity contribution in [2.24, 2.45) is 0 Å². The van der Waals surface area contributed by atoms with Crippen molar-refractivity contribution in [3.63, 3.8) is 0 Å². The highest BCUT2D eigenvalue weighted by atomic mass is 32.1. The molecular weight excluding hydrogens is 404 g/mol. The van der Waals surface area contributed by atoms with Crippen molar-refractivity contribution in [1.29, 1.82) is 5.26 Å². The normalized spacial score (nSPS) is 10.1. The second-order valence-corrected chi connectivity index (χ2v) is 7.00. The van der Waals surface area contributed by atoms with Gasteiger partial charge in [-0.15, -0.1) is 11.3 Å². The second-order valence-electron chi connectivity index (χ2n) is 6.15. The van der Waals surface area contributed by atoms with E-state index in [-0.39, 0.29) is 24.7 Å². The van der Waals surface area contributed by atoms with Crippen LogP contribution in [0.15, 0.2) is 54.0 Å². The molecule has 2 aromatic carbocycles. The van der Waals surface area contributed by atoms with Crippen molar-refractivity contribution < 1.29 is 19.4 Å². The van der Waals surface area contributed by atoms with Crippen LogP contribution in [0.4, 0.5) is 4.79 Å². The number of hydrogen-bond acceptors (Lipinski definition) is 6. The maximum atomic E-state index is 12.4. The van der Waals surface area contributed by atoms with Gasteiger partial charge in [0.25, 0.3) is 5.91 Å². The molecule has 152 valence electrons. The summed E-state index contributed by atoms with van der Waals surface area (Å²) in [7, 11) is 0. The van der Waals surface area contributed by atoms with Gasteiger partial charge < -0.3 is 20.5 Å². The Kier molecular flexibility index (Phi) is 6.97. The number of carbonyl (C=O) groups excluding carboxylic acids is 1. The summed E-state index contributed by atoms with van der Waals surface area (Å²) in [6, 6.07) is 16.6. The third kappa shape index (κ3) is 5.56. The lowest BCUT2D eigenvalue weighted by molar-refractivity contribution is 0.0949. The third-order valence-electron chi connectivity index (χ3n) is 4.03. The Morgan fingerprint density at radius 2 is 1.93 bits per heavy atom. The van der Waals surface area contributed by atoms with Crippen molar-refractivity contribution in [3.05, 3.63) is 70.9 Å². The first-order valence-corrected chi connectivity index (χ1v) is 9.85. The second kappa shape index (κ2) is 10.0. The summed E-state index contributed by atoms with van der Waals surface area (Å²) in [6.45, 7) is 0.579. The van der Waals surface area contributed by atoms with E-state index < -0.39 is 6.09 Å². The largest absolute Gasteiger partial charge is 0.489 e. The third-order valence-corrected chi connectivity index (χ3v) is 4.90. The maximum absolute atomic E-state index is 12.4. The van der Waals surface area contributed by atoms with Crippen molar-refractivity contribution in [1.82, 2.24) is 15.6 Å². The number of aromatic nitrogens is 1. The molecule has 0 unspecified atom stereocenters. The van der Waals surface area contributed by atoms with E-state index in [2.05, 4.69) is 21.7 Å². The number of thiazole rings is 1. The van der Waals surface area contributed by atoms with E-state index in [1.807, 2.05) is 36.4 Å². The molecule has 0 fully saturated rings. The van der Waals surface area contributed by atoms with Crippen LogP contribution >= 0.6 is 11.3 Å². The first-order chi connectivity index (χ1) is 14.6. The summed E-state index contributed by atoms with van der Waals surface area (Å²) in [5.74, 6) is 0.248. The molecule has 0 saturated heterocycles. The molecular formula is C21H18N4O4S. The number of ether oxygens (including phenoxy) is 1. The minimum Gasteiger partial charge on any atom is -0.489 e. The van der Waals surface area contributed by atoms with E-state index in [0.29, 0.717) is 22.8 Å². The molecule has 0 atom stereocenters. The minimum atomic E-state index is -1.14. The molecule has 2 amide bonds. The number of rotatable bonds is 8. The summed E-state index contributed by atoms with van der Waals surface area (Å²) in [4.78, 5) is 27.7. The van der Waals surface area contributed by atoms with Gasteiger partial charge in [-0.1, -0.05) is 24.3 Å². The van der Waals surface area contributed by atoms with Crippen molar-refractivity contribution in [2.45, 2.75) is 6.61 Å². The van der Waals surface area contributed by atoms with Crippen LogP contribution in [0, 0.1) is 11.3 Å². The Morgan fingerprint density at radius 1 is 1.13 bits per heavy atom. The minimum absolute atomic E-state index is 0.108. The summed E-state index contributed by atoms with van der Waals surface area (Å²) < 4.78 is 5.84. The highest BCUT2D eigenvalue weighted by Gasteiger charge is 2.16. The molecule has 0 aliphatic rings. The van der Waals surface area contributed by atoms with Crippen LogP contribution < -0.4 is 15.4 Å². The summed E-state index contributed by atoms with van der Waals surface area (Å²) in [6.07, 6.45) is -1.14. The molecule has 8 nitrogen and oxygen atoms in total. The lowest BCUT2D eigenvalue weighted by atomic mass is 10.1. The summed E-state index contributed by atoms with van der Waals surface area (Å²) >= 11 is 1.33. The van der Waals surface area contributed by atoms with Crippen LogP contribution in [0.2, 0.25) is 0 Å². The van der Waals surface area contributed by atoms with E-state index in [9.17, 15) is 9.59 Å². The van der Waals surface area contributed by atoms with Gasteiger partial charge in [0.15, 0.2) is 0 Å². The van der Waals surface area contributed by atoms with Crippen LogP contribution in [0.5, 0.6) is 5.75 Å². The molecule has 1 aromatic heterocycles. The topological polar surface area (TPSA) is 124 Å². The van der Waals surface area contributed by atoms with E-state index in [1.54, 1.807) is 17.6 Å². The average molecular weight is 422 g/mol. The van der Waals surface area contributed by atoms with Crippen LogP contribution in [0.1, 0.15) is 21.6 Å². The van der Waals surface area contributed by atoms with E-state index in [1.165, 1.54) is 11.3 Å². The molecule has 1 heterocycles. The van der Waals surface area contributed by atoms with Crippen molar-refractivity contribution in [3.8, 4) is 22.3 Å². The van der Waals surface area contributed by atoms with Gasteiger partial charge >= 0.3 is 6.09 Å². The Labute approximate surface area is 176 Å². The number of nitrogens with zero attached hydrogens (tertiary/aromatic N) is 2. The number of carboxylic acid groups (broad SMARTS) is 1. The van der Waals surface area contributed by atoms with E-state index >= 15 is 0 Å². The first-order valence-electron chi connectivity index (χ1n) is 8.97. The summed E-state index contributed by atoms with van der Waals surface area (Å²) in [5, 5.41) is 22.4.